The van der Waals surface area contributed by atoms with Crippen LogP contribution in [0, 0.1) is 6.92 Å². The number of carboxylic acid groups (broad SMARTS) is 1. The van der Waals surface area contributed by atoms with E-state index in [1.807, 2.05) is 30.0 Å². The number of hydrogen-bond acceptors (Lipinski definition) is 3. The fourth-order valence-corrected chi connectivity index (χ4v) is 1.82. The van der Waals surface area contributed by atoms with Crippen molar-refractivity contribution in [3.8, 4) is 0 Å². The van der Waals surface area contributed by atoms with Gasteiger partial charge in [-0.15, -0.1) is 0 Å². The predicted molar refractivity (Wildman–Crippen MR) is 71.0 cm³/mol. The monoisotopic (exact) mass is 271 g/mol. The topological polar surface area (TPSA) is 49.8 Å². The van der Waals surface area contributed by atoms with Gasteiger partial charge in [-0.05, 0) is 24.1 Å². The molecule has 100 valence electrons. The standard InChI is InChI=1S/C13H18ClNO3/c1-10-3-4-11(7-12(10)14)8-15(5-6-18-2)9-13(16)17/h3-4,7H,5-6,8-9H2,1-2H3,(H,16,17). The molecular weight excluding hydrogens is 254 g/mol. The van der Waals surface area contributed by atoms with Crippen LogP contribution in [-0.4, -0.2) is 42.8 Å². The molecule has 0 bridgehead atoms. The maximum atomic E-state index is 10.8. The molecule has 1 aromatic carbocycles. The van der Waals surface area contributed by atoms with Crippen molar-refractivity contribution in [1.82, 2.24) is 4.90 Å². The molecule has 0 fully saturated rings. The molecule has 18 heavy (non-hydrogen) atoms. The molecule has 0 aliphatic rings. The van der Waals surface area contributed by atoms with Gasteiger partial charge in [0, 0.05) is 25.2 Å². The van der Waals surface area contributed by atoms with Gasteiger partial charge in [-0.2, -0.15) is 0 Å². The second-order valence-corrected chi connectivity index (χ2v) is 4.59. The van der Waals surface area contributed by atoms with E-state index in [0.717, 1.165) is 11.1 Å². The van der Waals surface area contributed by atoms with Crippen molar-refractivity contribution in [2.45, 2.75) is 13.5 Å². The second-order valence-electron chi connectivity index (χ2n) is 4.18. The zero-order valence-electron chi connectivity index (χ0n) is 10.6. The molecule has 5 heteroatoms. The molecule has 0 unspecified atom stereocenters. The first-order valence-electron chi connectivity index (χ1n) is 5.71. The number of methoxy groups -OCH3 is 1. The maximum Gasteiger partial charge on any atom is 0.317 e. The van der Waals surface area contributed by atoms with E-state index in [0.29, 0.717) is 24.7 Å². The molecule has 0 radical (unpaired) electrons. The zero-order valence-corrected chi connectivity index (χ0v) is 11.4. The highest BCUT2D eigenvalue weighted by Crippen LogP contribution is 2.17. The van der Waals surface area contributed by atoms with E-state index in [-0.39, 0.29) is 6.54 Å². The maximum absolute atomic E-state index is 10.8. The highest BCUT2D eigenvalue weighted by molar-refractivity contribution is 6.31. The van der Waals surface area contributed by atoms with Crippen molar-refractivity contribution in [1.29, 1.82) is 0 Å². The minimum atomic E-state index is -0.843. The molecular formula is C13H18ClNO3. The predicted octanol–water partition coefficient (Wildman–Crippen LogP) is 2.18. The Kier molecular flexibility index (Phi) is 6.12. The second kappa shape index (κ2) is 7.36. The lowest BCUT2D eigenvalue weighted by atomic mass is 10.1. The van der Waals surface area contributed by atoms with Crippen LogP contribution >= 0.6 is 11.6 Å². The minimum absolute atomic E-state index is 0.00510. The Labute approximate surface area is 112 Å². The number of rotatable bonds is 7. The van der Waals surface area contributed by atoms with Crippen LogP contribution in [0.15, 0.2) is 18.2 Å². The number of carboxylic acids is 1. The van der Waals surface area contributed by atoms with Crippen molar-refractivity contribution in [2.75, 3.05) is 26.8 Å². The molecule has 0 aliphatic carbocycles. The van der Waals surface area contributed by atoms with Gasteiger partial charge in [0.05, 0.1) is 13.2 Å². The summed E-state index contributed by atoms with van der Waals surface area (Å²) in [5, 5.41) is 9.55. The number of carbonyl (C=O) groups is 1. The van der Waals surface area contributed by atoms with Crippen LogP contribution in [0.5, 0.6) is 0 Å². The van der Waals surface area contributed by atoms with Crippen LogP contribution in [0.3, 0.4) is 0 Å². The molecule has 0 heterocycles. The summed E-state index contributed by atoms with van der Waals surface area (Å²) < 4.78 is 4.97. The van der Waals surface area contributed by atoms with Crippen LogP contribution in [0.2, 0.25) is 5.02 Å². The minimum Gasteiger partial charge on any atom is -0.480 e. The number of aliphatic carboxylic acids is 1. The lowest BCUT2D eigenvalue weighted by molar-refractivity contribution is -0.138. The van der Waals surface area contributed by atoms with Gasteiger partial charge in [-0.3, -0.25) is 9.69 Å². The lowest BCUT2D eigenvalue weighted by Gasteiger charge is -2.20. The van der Waals surface area contributed by atoms with E-state index in [2.05, 4.69) is 0 Å². The van der Waals surface area contributed by atoms with Crippen LogP contribution < -0.4 is 0 Å². The normalized spacial score (nSPS) is 10.9. The summed E-state index contributed by atoms with van der Waals surface area (Å²) >= 11 is 6.05. The van der Waals surface area contributed by atoms with Gasteiger partial charge in [0.2, 0.25) is 0 Å². The number of aryl methyl sites for hydroxylation is 1. The fourth-order valence-electron chi connectivity index (χ4n) is 1.62. The summed E-state index contributed by atoms with van der Waals surface area (Å²) in [5.41, 5.74) is 2.02. The van der Waals surface area contributed by atoms with Crippen molar-refractivity contribution in [3.63, 3.8) is 0 Å². The Morgan fingerprint density at radius 3 is 2.78 bits per heavy atom. The highest BCUT2D eigenvalue weighted by Gasteiger charge is 2.10. The largest absolute Gasteiger partial charge is 0.480 e. The Hall–Kier alpha value is -1.10. The van der Waals surface area contributed by atoms with Crippen molar-refractivity contribution in [2.24, 2.45) is 0 Å². The first-order valence-corrected chi connectivity index (χ1v) is 6.09. The number of hydrogen-bond donors (Lipinski definition) is 1. The number of nitrogens with zero attached hydrogens (tertiary/aromatic N) is 1. The van der Waals surface area contributed by atoms with E-state index in [1.54, 1.807) is 7.11 Å². The van der Waals surface area contributed by atoms with Crippen molar-refractivity contribution in [3.05, 3.63) is 34.3 Å². The van der Waals surface area contributed by atoms with Crippen molar-refractivity contribution >= 4 is 17.6 Å². The number of benzene rings is 1. The van der Waals surface area contributed by atoms with E-state index in [1.165, 1.54) is 0 Å². The summed E-state index contributed by atoms with van der Waals surface area (Å²) in [4.78, 5) is 12.6. The van der Waals surface area contributed by atoms with E-state index >= 15 is 0 Å². The molecule has 0 aromatic heterocycles. The molecule has 0 atom stereocenters. The van der Waals surface area contributed by atoms with Crippen LogP contribution in [0.1, 0.15) is 11.1 Å². The van der Waals surface area contributed by atoms with Gasteiger partial charge in [-0.25, -0.2) is 0 Å². The Morgan fingerprint density at radius 1 is 1.50 bits per heavy atom. The third kappa shape index (κ3) is 5.04. The van der Waals surface area contributed by atoms with Crippen LogP contribution in [0.25, 0.3) is 0 Å². The Balaban J connectivity index is 2.68. The van der Waals surface area contributed by atoms with Gasteiger partial charge in [0.25, 0.3) is 0 Å². The summed E-state index contributed by atoms with van der Waals surface area (Å²) in [5.74, 6) is -0.843. The summed E-state index contributed by atoms with van der Waals surface area (Å²) in [6.07, 6.45) is 0. The molecule has 0 spiro atoms. The number of halogens is 1. The first-order chi connectivity index (χ1) is 8.52. The fraction of sp³-hybridized carbons (Fsp3) is 0.462. The highest BCUT2D eigenvalue weighted by atomic mass is 35.5. The number of ether oxygens (including phenoxy) is 1. The first kappa shape index (κ1) is 15.0. The third-order valence-electron chi connectivity index (χ3n) is 2.61. The zero-order chi connectivity index (χ0) is 13.5. The molecule has 0 saturated carbocycles. The van der Waals surface area contributed by atoms with Gasteiger partial charge in [0.15, 0.2) is 0 Å². The molecule has 0 amide bonds. The van der Waals surface area contributed by atoms with Gasteiger partial charge in [-0.1, -0.05) is 23.7 Å². The molecule has 1 rings (SSSR count). The smallest absolute Gasteiger partial charge is 0.317 e. The molecule has 0 aliphatic heterocycles. The van der Waals surface area contributed by atoms with E-state index < -0.39 is 5.97 Å². The quantitative estimate of drug-likeness (QED) is 0.826. The average molecular weight is 272 g/mol. The van der Waals surface area contributed by atoms with E-state index in [4.69, 9.17) is 21.4 Å². The third-order valence-corrected chi connectivity index (χ3v) is 3.02. The summed E-state index contributed by atoms with van der Waals surface area (Å²) in [6, 6.07) is 5.77. The Morgan fingerprint density at radius 2 is 2.22 bits per heavy atom. The molecule has 1 N–H and O–H groups in total. The molecule has 4 nitrogen and oxygen atoms in total. The van der Waals surface area contributed by atoms with Gasteiger partial charge in [0.1, 0.15) is 0 Å². The summed E-state index contributed by atoms with van der Waals surface area (Å²) in [7, 11) is 1.60. The SMILES string of the molecule is COCCN(CC(=O)O)Cc1ccc(C)c(Cl)c1. The molecule has 0 saturated heterocycles. The van der Waals surface area contributed by atoms with Gasteiger partial charge < -0.3 is 9.84 Å². The van der Waals surface area contributed by atoms with Crippen LogP contribution in [0.4, 0.5) is 0 Å². The van der Waals surface area contributed by atoms with Crippen LogP contribution in [-0.2, 0) is 16.1 Å². The van der Waals surface area contributed by atoms with Crippen molar-refractivity contribution < 1.29 is 14.6 Å². The van der Waals surface area contributed by atoms with E-state index in [9.17, 15) is 4.79 Å². The van der Waals surface area contributed by atoms with Gasteiger partial charge >= 0.3 is 5.97 Å². The Bertz CT molecular complexity index is 409. The summed E-state index contributed by atoms with van der Waals surface area (Å²) in [6.45, 7) is 3.57. The lowest BCUT2D eigenvalue weighted by Crippen LogP contribution is -2.32. The average Bonchev–Trinajstić information content (AvgIpc) is 2.30. The molecule has 1 aromatic rings.